The molecule has 322 valence electrons. The molecule has 0 radical (unpaired) electrons. The molecular formula is C63H38N4O2. The summed E-state index contributed by atoms with van der Waals surface area (Å²) in [4.78, 5) is 15.0. The second-order valence-electron chi connectivity index (χ2n) is 17.6. The molecule has 0 N–H and O–H groups in total. The van der Waals surface area contributed by atoms with Crippen LogP contribution in [0.4, 0.5) is 0 Å². The van der Waals surface area contributed by atoms with E-state index in [1.54, 1.807) is 0 Å². The molecule has 4 aromatic heterocycles. The number of hydrogen-bond acceptors (Lipinski definition) is 5. The van der Waals surface area contributed by atoms with Crippen molar-refractivity contribution in [1.29, 1.82) is 0 Å². The highest BCUT2D eigenvalue weighted by atomic mass is 16.3. The van der Waals surface area contributed by atoms with Gasteiger partial charge in [-0.2, -0.15) is 0 Å². The lowest BCUT2D eigenvalue weighted by molar-refractivity contribution is 0.668. The lowest BCUT2D eigenvalue weighted by Gasteiger charge is -2.09. The van der Waals surface area contributed by atoms with Crippen LogP contribution in [-0.2, 0) is 0 Å². The average Bonchev–Trinajstić information content (AvgIpc) is 4.10. The summed E-state index contributed by atoms with van der Waals surface area (Å²) < 4.78 is 15.7. The van der Waals surface area contributed by atoms with E-state index in [0.717, 1.165) is 94.0 Å². The molecule has 69 heavy (non-hydrogen) atoms. The quantitative estimate of drug-likeness (QED) is 0.159. The Morgan fingerprint density at radius 3 is 1.57 bits per heavy atom. The van der Waals surface area contributed by atoms with Crippen LogP contribution in [0.5, 0.6) is 0 Å². The summed E-state index contributed by atoms with van der Waals surface area (Å²) in [5.74, 6) is 1.79. The first-order valence-electron chi connectivity index (χ1n) is 23.2. The molecule has 0 fully saturated rings. The maximum atomic E-state index is 6.75. The predicted molar refractivity (Wildman–Crippen MR) is 281 cm³/mol. The van der Waals surface area contributed by atoms with Crippen LogP contribution in [-0.4, -0.2) is 19.5 Å². The van der Waals surface area contributed by atoms with E-state index in [-0.39, 0.29) is 0 Å². The lowest BCUT2D eigenvalue weighted by atomic mass is 10.00. The van der Waals surface area contributed by atoms with Crippen LogP contribution in [0.3, 0.4) is 0 Å². The summed E-state index contributed by atoms with van der Waals surface area (Å²) in [5.41, 5.74) is 16.1. The summed E-state index contributed by atoms with van der Waals surface area (Å²) in [6, 6.07) is 80.5. The number of furan rings is 2. The van der Waals surface area contributed by atoms with Crippen molar-refractivity contribution in [3.8, 4) is 73.2 Å². The van der Waals surface area contributed by atoms with E-state index in [9.17, 15) is 0 Å². The SMILES string of the molecule is c1ccc(-c2ccc(-c3nc(-c4ccccc4)nc(-c4ccc5c(c4)oc4ccc(-c6cccc7c6oc6ccc(-n8c9ccccc9c9cc(-c%10ccccc%10)ccc98)cc67)cc45)n3)cc2)cc1. The van der Waals surface area contributed by atoms with Crippen LogP contribution in [0.2, 0.25) is 0 Å². The molecule has 6 heteroatoms. The van der Waals surface area contributed by atoms with Gasteiger partial charge >= 0.3 is 0 Å². The van der Waals surface area contributed by atoms with E-state index in [4.69, 9.17) is 23.8 Å². The number of fused-ring (bicyclic) bond motifs is 9. The number of benzene rings is 10. The van der Waals surface area contributed by atoms with Crippen LogP contribution < -0.4 is 0 Å². The van der Waals surface area contributed by atoms with Gasteiger partial charge in [0, 0.05) is 60.3 Å². The molecule has 0 spiro atoms. The Morgan fingerprint density at radius 2 is 0.797 bits per heavy atom. The van der Waals surface area contributed by atoms with Crippen LogP contribution >= 0.6 is 0 Å². The Labute approximate surface area is 396 Å². The largest absolute Gasteiger partial charge is 0.456 e. The Morgan fingerprint density at radius 1 is 0.275 bits per heavy atom. The third-order valence-corrected chi connectivity index (χ3v) is 13.5. The van der Waals surface area contributed by atoms with Crippen LogP contribution in [0.1, 0.15) is 0 Å². The van der Waals surface area contributed by atoms with Gasteiger partial charge in [-0.1, -0.05) is 170 Å². The first-order valence-corrected chi connectivity index (χ1v) is 23.2. The van der Waals surface area contributed by atoms with Crippen molar-refractivity contribution in [3.63, 3.8) is 0 Å². The number of nitrogens with zero attached hydrogens (tertiary/aromatic N) is 4. The molecule has 0 atom stereocenters. The normalized spacial score (nSPS) is 11.8. The van der Waals surface area contributed by atoms with E-state index < -0.39 is 0 Å². The van der Waals surface area contributed by atoms with Gasteiger partial charge in [0.25, 0.3) is 0 Å². The van der Waals surface area contributed by atoms with Gasteiger partial charge in [-0.15, -0.1) is 0 Å². The second kappa shape index (κ2) is 15.6. The van der Waals surface area contributed by atoms with Crippen molar-refractivity contribution >= 4 is 65.7 Å². The Hall–Kier alpha value is -9.39. The second-order valence-corrected chi connectivity index (χ2v) is 17.6. The molecule has 14 aromatic rings. The zero-order valence-corrected chi connectivity index (χ0v) is 37.0. The predicted octanol–water partition coefficient (Wildman–Crippen LogP) is 16.8. The smallest absolute Gasteiger partial charge is 0.164 e. The number of aromatic nitrogens is 4. The van der Waals surface area contributed by atoms with Gasteiger partial charge in [-0.05, 0) is 88.5 Å². The first kappa shape index (κ1) is 38.8. The van der Waals surface area contributed by atoms with E-state index >= 15 is 0 Å². The maximum absolute atomic E-state index is 6.75. The highest BCUT2D eigenvalue weighted by Crippen LogP contribution is 2.41. The van der Waals surface area contributed by atoms with Crippen molar-refractivity contribution in [2.45, 2.75) is 0 Å². The molecule has 14 rings (SSSR count). The third kappa shape index (κ3) is 6.53. The van der Waals surface area contributed by atoms with E-state index in [2.05, 4.69) is 193 Å². The third-order valence-electron chi connectivity index (χ3n) is 13.5. The van der Waals surface area contributed by atoms with Crippen molar-refractivity contribution in [2.75, 3.05) is 0 Å². The van der Waals surface area contributed by atoms with Gasteiger partial charge in [0.05, 0.1) is 11.0 Å². The van der Waals surface area contributed by atoms with Crippen molar-refractivity contribution in [2.24, 2.45) is 0 Å². The fourth-order valence-corrected chi connectivity index (χ4v) is 10.1. The van der Waals surface area contributed by atoms with Crippen molar-refractivity contribution < 1.29 is 8.83 Å². The molecule has 0 aliphatic heterocycles. The summed E-state index contributed by atoms with van der Waals surface area (Å²) in [5, 5.41) is 6.61. The topological polar surface area (TPSA) is 69.9 Å². The molecule has 0 bridgehead atoms. The number of hydrogen-bond donors (Lipinski definition) is 0. The number of para-hydroxylation sites is 2. The minimum absolute atomic E-state index is 0.573. The summed E-state index contributed by atoms with van der Waals surface area (Å²) >= 11 is 0. The van der Waals surface area contributed by atoms with E-state index in [0.29, 0.717) is 17.5 Å². The minimum Gasteiger partial charge on any atom is -0.456 e. The minimum atomic E-state index is 0.573. The highest BCUT2D eigenvalue weighted by Gasteiger charge is 2.19. The van der Waals surface area contributed by atoms with Crippen LogP contribution in [0.15, 0.2) is 239 Å². The molecular weight excluding hydrogens is 845 g/mol. The molecule has 0 saturated heterocycles. The standard InChI is InChI=1S/C63H38N4O2/c1-4-13-39(14-5-1)41-23-25-43(26-24-41)62-64-61(42-17-8-3-9-18-42)65-63(66-62)46-27-31-50-53-36-45(29-33-57(53)68-59(50)37-46)48-20-12-21-51-54-38-47(30-34-58(54)69-60(48)51)67-55-22-11-10-19-49(55)52-35-44(28-32-56(52)67)40-15-6-2-7-16-40/h1-38H. The average molecular weight is 883 g/mol. The summed E-state index contributed by atoms with van der Waals surface area (Å²) in [7, 11) is 0. The lowest BCUT2D eigenvalue weighted by Crippen LogP contribution is -2.00. The van der Waals surface area contributed by atoms with Crippen LogP contribution in [0.25, 0.3) is 139 Å². The summed E-state index contributed by atoms with van der Waals surface area (Å²) in [6.45, 7) is 0. The Kier molecular flexibility index (Phi) is 8.79. The molecule has 6 nitrogen and oxygen atoms in total. The van der Waals surface area contributed by atoms with Gasteiger partial charge in [0.15, 0.2) is 17.5 Å². The Balaban J connectivity index is 0.835. The number of rotatable bonds is 7. The molecule has 0 unspecified atom stereocenters. The van der Waals surface area contributed by atoms with Gasteiger partial charge < -0.3 is 13.4 Å². The molecule has 0 aliphatic rings. The van der Waals surface area contributed by atoms with Crippen molar-refractivity contribution in [3.05, 3.63) is 231 Å². The fourth-order valence-electron chi connectivity index (χ4n) is 10.1. The van der Waals surface area contributed by atoms with Gasteiger partial charge in [-0.25, -0.2) is 15.0 Å². The van der Waals surface area contributed by atoms with Crippen LogP contribution in [0, 0.1) is 0 Å². The zero-order valence-electron chi connectivity index (χ0n) is 37.0. The first-order chi connectivity index (χ1) is 34.2. The van der Waals surface area contributed by atoms with Gasteiger partial charge in [-0.3, -0.25) is 0 Å². The maximum Gasteiger partial charge on any atom is 0.164 e. The summed E-state index contributed by atoms with van der Waals surface area (Å²) in [6.07, 6.45) is 0. The molecule has 0 amide bonds. The van der Waals surface area contributed by atoms with Crippen molar-refractivity contribution in [1.82, 2.24) is 19.5 Å². The molecule has 0 saturated carbocycles. The van der Waals surface area contributed by atoms with E-state index in [1.807, 2.05) is 42.5 Å². The highest BCUT2D eigenvalue weighted by molar-refractivity contribution is 6.14. The monoisotopic (exact) mass is 882 g/mol. The fraction of sp³-hybridized carbons (Fsp3) is 0. The zero-order chi connectivity index (χ0) is 45.4. The molecule has 10 aromatic carbocycles. The Bertz CT molecular complexity index is 4290. The van der Waals surface area contributed by atoms with Gasteiger partial charge in [0.1, 0.15) is 22.3 Å². The van der Waals surface area contributed by atoms with Gasteiger partial charge in [0.2, 0.25) is 0 Å². The molecule has 0 aliphatic carbocycles. The van der Waals surface area contributed by atoms with E-state index in [1.165, 1.54) is 27.4 Å². The molecule has 4 heterocycles.